The van der Waals surface area contributed by atoms with Gasteiger partial charge in [-0.25, -0.2) is 4.79 Å². The molecule has 23 heavy (non-hydrogen) atoms. The number of imidazole rings is 1. The second-order valence-corrected chi connectivity index (χ2v) is 5.65. The van der Waals surface area contributed by atoms with Gasteiger partial charge in [-0.15, -0.1) is 0 Å². The zero-order valence-corrected chi connectivity index (χ0v) is 13.1. The highest BCUT2D eigenvalue weighted by Crippen LogP contribution is 2.10. The van der Waals surface area contributed by atoms with Gasteiger partial charge in [0, 0.05) is 23.7 Å². The third-order valence-electron chi connectivity index (χ3n) is 3.63. The molecule has 118 valence electrons. The molecule has 0 aliphatic carbocycles. The predicted octanol–water partition coefficient (Wildman–Crippen LogP) is 2.80. The van der Waals surface area contributed by atoms with Crippen LogP contribution in [-0.4, -0.2) is 22.0 Å². The van der Waals surface area contributed by atoms with Crippen LogP contribution < -0.4 is 11.0 Å². The molecule has 0 saturated carbocycles. The number of nitrogens with one attached hydrogen (secondary N) is 2. The van der Waals surface area contributed by atoms with Crippen LogP contribution in [0.3, 0.4) is 0 Å². The highest BCUT2D eigenvalue weighted by Gasteiger charge is 2.07. The standard InChI is InChI=1S/C17H16ClN3O2/c18-13-8-6-12(7-9-13)16(22)19-10-3-11-21-15-5-2-1-4-14(15)20-17(21)23/h1-2,4-9H,3,10-11H2,(H,19,22)(H,20,23). The topological polar surface area (TPSA) is 66.9 Å². The number of para-hydroxylation sites is 2. The van der Waals surface area contributed by atoms with Crippen molar-refractivity contribution in [2.24, 2.45) is 0 Å². The maximum absolute atomic E-state index is 12.0. The first kappa shape index (κ1) is 15.4. The van der Waals surface area contributed by atoms with Crippen LogP contribution in [0.5, 0.6) is 0 Å². The molecule has 1 aromatic heterocycles. The molecule has 0 fully saturated rings. The number of nitrogens with zero attached hydrogens (tertiary/aromatic N) is 1. The number of carbonyl (C=O) groups excluding carboxylic acids is 1. The Bertz CT molecular complexity index is 881. The summed E-state index contributed by atoms with van der Waals surface area (Å²) in [4.78, 5) is 26.7. The van der Waals surface area contributed by atoms with Crippen LogP contribution in [0.4, 0.5) is 0 Å². The number of hydrogen-bond acceptors (Lipinski definition) is 2. The minimum absolute atomic E-state index is 0.129. The highest BCUT2D eigenvalue weighted by atomic mass is 35.5. The Kier molecular flexibility index (Phi) is 4.48. The van der Waals surface area contributed by atoms with Crippen LogP contribution in [0.25, 0.3) is 11.0 Å². The van der Waals surface area contributed by atoms with E-state index in [-0.39, 0.29) is 11.6 Å². The molecule has 0 saturated heterocycles. The maximum atomic E-state index is 12.0. The number of benzene rings is 2. The fourth-order valence-electron chi connectivity index (χ4n) is 2.47. The number of H-pyrrole nitrogens is 1. The Balaban J connectivity index is 1.57. The largest absolute Gasteiger partial charge is 0.352 e. The normalized spacial score (nSPS) is 10.8. The van der Waals surface area contributed by atoms with E-state index in [1.807, 2.05) is 24.3 Å². The van der Waals surface area contributed by atoms with Gasteiger partial charge in [0.05, 0.1) is 11.0 Å². The van der Waals surface area contributed by atoms with E-state index < -0.39 is 0 Å². The van der Waals surface area contributed by atoms with Crippen molar-refractivity contribution in [2.45, 2.75) is 13.0 Å². The molecule has 2 N–H and O–H groups in total. The molecule has 1 heterocycles. The van der Waals surface area contributed by atoms with Crippen molar-refractivity contribution < 1.29 is 4.79 Å². The molecule has 0 bridgehead atoms. The van der Waals surface area contributed by atoms with Crippen LogP contribution in [-0.2, 0) is 6.54 Å². The van der Waals surface area contributed by atoms with Crippen molar-refractivity contribution >= 4 is 28.5 Å². The lowest BCUT2D eigenvalue weighted by Crippen LogP contribution is -2.26. The van der Waals surface area contributed by atoms with Crippen molar-refractivity contribution in [2.75, 3.05) is 6.54 Å². The van der Waals surface area contributed by atoms with E-state index >= 15 is 0 Å². The number of aromatic nitrogens is 2. The SMILES string of the molecule is O=C(NCCCn1c(=O)[nH]c2ccccc21)c1ccc(Cl)cc1. The summed E-state index contributed by atoms with van der Waals surface area (Å²) in [6.07, 6.45) is 0.668. The summed E-state index contributed by atoms with van der Waals surface area (Å²) in [6.45, 7) is 1.04. The average molecular weight is 330 g/mol. The van der Waals surface area contributed by atoms with E-state index in [9.17, 15) is 9.59 Å². The van der Waals surface area contributed by atoms with Crippen molar-refractivity contribution in [1.82, 2.24) is 14.9 Å². The summed E-state index contributed by atoms with van der Waals surface area (Å²) >= 11 is 5.80. The number of rotatable bonds is 5. The van der Waals surface area contributed by atoms with Crippen LogP contribution >= 0.6 is 11.6 Å². The summed E-state index contributed by atoms with van der Waals surface area (Å²) in [6, 6.07) is 14.3. The minimum Gasteiger partial charge on any atom is -0.352 e. The Hall–Kier alpha value is -2.53. The van der Waals surface area contributed by atoms with Gasteiger partial charge < -0.3 is 10.3 Å². The van der Waals surface area contributed by atoms with E-state index in [2.05, 4.69) is 10.3 Å². The van der Waals surface area contributed by atoms with Gasteiger partial charge in [0.15, 0.2) is 0 Å². The van der Waals surface area contributed by atoms with E-state index in [1.54, 1.807) is 28.8 Å². The monoisotopic (exact) mass is 329 g/mol. The lowest BCUT2D eigenvalue weighted by atomic mass is 10.2. The van der Waals surface area contributed by atoms with Crippen LogP contribution in [0.2, 0.25) is 5.02 Å². The molecule has 5 nitrogen and oxygen atoms in total. The molecule has 3 rings (SSSR count). The van der Waals surface area contributed by atoms with Crippen molar-refractivity contribution in [3.63, 3.8) is 0 Å². The minimum atomic E-state index is -0.145. The highest BCUT2D eigenvalue weighted by molar-refractivity contribution is 6.30. The predicted molar refractivity (Wildman–Crippen MR) is 91.0 cm³/mol. The number of carbonyl (C=O) groups is 1. The van der Waals surface area contributed by atoms with Gasteiger partial charge in [-0.3, -0.25) is 9.36 Å². The van der Waals surface area contributed by atoms with Gasteiger partial charge in [-0.05, 0) is 42.8 Å². The molecular weight excluding hydrogens is 314 g/mol. The number of amides is 1. The summed E-state index contributed by atoms with van der Waals surface area (Å²) < 4.78 is 1.68. The average Bonchev–Trinajstić information content (AvgIpc) is 2.87. The first-order chi connectivity index (χ1) is 11.1. The zero-order chi connectivity index (χ0) is 16.2. The maximum Gasteiger partial charge on any atom is 0.326 e. The molecule has 0 aliphatic heterocycles. The molecule has 0 unspecified atom stereocenters. The smallest absolute Gasteiger partial charge is 0.326 e. The molecule has 3 aromatic rings. The second-order valence-electron chi connectivity index (χ2n) is 5.22. The molecule has 6 heteroatoms. The van der Waals surface area contributed by atoms with Crippen LogP contribution in [0.1, 0.15) is 16.8 Å². The van der Waals surface area contributed by atoms with Crippen molar-refractivity contribution in [3.05, 3.63) is 69.6 Å². The lowest BCUT2D eigenvalue weighted by Gasteiger charge is -2.06. The van der Waals surface area contributed by atoms with Gasteiger partial charge in [0.25, 0.3) is 5.91 Å². The molecule has 0 aliphatic rings. The van der Waals surface area contributed by atoms with Crippen LogP contribution in [0.15, 0.2) is 53.3 Å². The number of fused-ring (bicyclic) bond motifs is 1. The number of halogens is 1. The third kappa shape index (κ3) is 3.46. The Morgan fingerprint density at radius 1 is 1.13 bits per heavy atom. The molecule has 0 radical (unpaired) electrons. The first-order valence-corrected chi connectivity index (χ1v) is 7.74. The summed E-state index contributed by atoms with van der Waals surface area (Å²) in [5, 5.41) is 3.44. The molecule has 2 aromatic carbocycles. The summed E-state index contributed by atoms with van der Waals surface area (Å²) in [7, 11) is 0. The Morgan fingerprint density at radius 2 is 1.87 bits per heavy atom. The molecule has 0 spiro atoms. The quantitative estimate of drug-likeness (QED) is 0.707. The number of hydrogen-bond donors (Lipinski definition) is 2. The molecule has 1 amide bonds. The Labute approximate surface area is 137 Å². The van der Waals surface area contributed by atoms with E-state index in [0.717, 1.165) is 11.0 Å². The summed E-state index contributed by atoms with van der Waals surface area (Å²) in [5.74, 6) is -0.145. The van der Waals surface area contributed by atoms with Gasteiger partial charge in [0.2, 0.25) is 0 Å². The molecular formula is C17H16ClN3O2. The van der Waals surface area contributed by atoms with Gasteiger partial charge in [-0.1, -0.05) is 23.7 Å². The fourth-order valence-corrected chi connectivity index (χ4v) is 2.60. The second kappa shape index (κ2) is 6.71. The van der Waals surface area contributed by atoms with E-state index in [1.165, 1.54) is 0 Å². The van der Waals surface area contributed by atoms with Crippen molar-refractivity contribution in [3.8, 4) is 0 Å². The lowest BCUT2D eigenvalue weighted by molar-refractivity contribution is 0.0953. The zero-order valence-electron chi connectivity index (χ0n) is 12.4. The summed E-state index contributed by atoms with van der Waals surface area (Å²) in [5.41, 5.74) is 2.14. The van der Waals surface area contributed by atoms with Gasteiger partial charge in [-0.2, -0.15) is 0 Å². The first-order valence-electron chi connectivity index (χ1n) is 7.36. The Morgan fingerprint density at radius 3 is 2.65 bits per heavy atom. The van der Waals surface area contributed by atoms with Crippen molar-refractivity contribution in [1.29, 1.82) is 0 Å². The van der Waals surface area contributed by atoms with E-state index in [4.69, 9.17) is 11.6 Å². The fraction of sp³-hybridized carbons (Fsp3) is 0.176. The number of aryl methyl sites for hydroxylation is 1. The third-order valence-corrected chi connectivity index (χ3v) is 3.88. The molecule has 0 atom stereocenters. The van der Waals surface area contributed by atoms with E-state index in [0.29, 0.717) is 30.1 Å². The van der Waals surface area contributed by atoms with Gasteiger partial charge >= 0.3 is 5.69 Å². The van der Waals surface area contributed by atoms with Crippen LogP contribution in [0, 0.1) is 0 Å². The number of aromatic amines is 1. The van der Waals surface area contributed by atoms with Gasteiger partial charge in [0.1, 0.15) is 0 Å².